The van der Waals surface area contributed by atoms with Crippen LogP contribution in [0.2, 0.25) is 0 Å². The topological polar surface area (TPSA) is 52.6 Å². The first-order chi connectivity index (χ1) is 7.45. The van der Waals surface area contributed by atoms with Crippen LogP contribution in [0.25, 0.3) is 0 Å². The molecule has 16 heavy (non-hydrogen) atoms. The molecule has 0 bridgehead atoms. The first-order valence-electron chi connectivity index (χ1n) is 5.39. The van der Waals surface area contributed by atoms with Gasteiger partial charge in [-0.15, -0.1) is 0 Å². The Kier molecular flexibility index (Phi) is 2.30. The molecule has 0 atom stereocenters. The van der Waals surface area contributed by atoms with Gasteiger partial charge in [-0.1, -0.05) is 0 Å². The number of anilines is 2. The van der Waals surface area contributed by atoms with Crippen LogP contribution in [-0.4, -0.2) is 23.1 Å². The van der Waals surface area contributed by atoms with Crippen LogP contribution in [0.4, 0.5) is 11.4 Å². The maximum atomic E-state index is 12.1. The Balaban J connectivity index is 2.55. The van der Waals surface area contributed by atoms with Crippen molar-refractivity contribution in [3.05, 3.63) is 18.2 Å². The van der Waals surface area contributed by atoms with Crippen LogP contribution >= 0.6 is 0 Å². The number of phenols is 1. The minimum absolute atomic E-state index is 0.0492. The van der Waals surface area contributed by atoms with Gasteiger partial charge in [0.25, 0.3) is 5.91 Å². The molecule has 1 aromatic carbocycles. The number of nitrogens with zero attached hydrogens (tertiary/aromatic N) is 1. The zero-order valence-electron chi connectivity index (χ0n) is 9.74. The summed E-state index contributed by atoms with van der Waals surface area (Å²) in [6.45, 7) is 6.24. The largest absolute Gasteiger partial charge is 0.508 e. The number of nitrogens with one attached hydrogen (secondary N) is 1. The highest BCUT2D eigenvalue weighted by Gasteiger charge is 2.37. The third-order valence-electron chi connectivity index (χ3n) is 2.81. The van der Waals surface area contributed by atoms with E-state index in [4.69, 9.17) is 0 Å². The standard InChI is InChI=1S/C12H16N2O2/c1-4-14-10-6-5-8(15)7-9(10)13-12(2,3)11(14)16/h5-7,13,15H,4H2,1-3H3. The Morgan fingerprint density at radius 2 is 2.12 bits per heavy atom. The van der Waals surface area contributed by atoms with Gasteiger partial charge in [0.2, 0.25) is 0 Å². The van der Waals surface area contributed by atoms with Crippen LogP contribution in [0.5, 0.6) is 5.75 Å². The normalized spacial score (nSPS) is 17.9. The van der Waals surface area contributed by atoms with Crippen molar-refractivity contribution in [2.24, 2.45) is 0 Å². The summed E-state index contributed by atoms with van der Waals surface area (Å²) in [6, 6.07) is 5.00. The lowest BCUT2D eigenvalue weighted by Gasteiger charge is -2.39. The van der Waals surface area contributed by atoms with Crippen molar-refractivity contribution in [1.29, 1.82) is 0 Å². The van der Waals surface area contributed by atoms with Crippen molar-refractivity contribution >= 4 is 17.3 Å². The van der Waals surface area contributed by atoms with Crippen LogP contribution in [0, 0.1) is 0 Å². The molecule has 1 aliphatic heterocycles. The molecule has 0 radical (unpaired) electrons. The van der Waals surface area contributed by atoms with Gasteiger partial charge in [-0.05, 0) is 32.9 Å². The number of benzene rings is 1. The third-order valence-corrected chi connectivity index (χ3v) is 2.81. The lowest BCUT2D eigenvalue weighted by molar-refractivity contribution is -0.122. The number of carbonyl (C=O) groups excluding carboxylic acids is 1. The van der Waals surface area contributed by atoms with E-state index in [9.17, 15) is 9.90 Å². The summed E-state index contributed by atoms with van der Waals surface area (Å²) in [7, 11) is 0. The number of aromatic hydroxyl groups is 1. The van der Waals surface area contributed by atoms with Gasteiger partial charge in [0.15, 0.2) is 0 Å². The number of carbonyl (C=O) groups is 1. The van der Waals surface area contributed by atoms with Crippen molar-refractivity contribution in [2.75, 3.05) is 16.8 Å². The lowest BCUT2D eigenvalue weighted by Crippen LogP contribution is -2.53. The molecular formula is C12H16N2O2. The van der Waals surface area contributed by atoms with Crippen molar-refractivity contribution in [2.45, 2.75) is 26.3 Å². The van der Waals surface area contributed by atoms with Crippen LogP contribution in [0.15, 0.2) is 18.2 Å². The molecule has 0 saturated heterocycles. The third kappa shape index (κ3) is 1.50. The summed E-state index contributed by atoms with van der Waals surface area (Å²) in [5.41, 5.74) is 0.993. The van der Waals surface area contributed by atoms with E-state index in [2.05, 4.69) is 5.32 Å². The number of fused-ring (bicyclic) bond motifs is 1. The van der Waals surface area contributed by atoms with Crippen LogP contribution in [0.1, 0.15) is 20.8 Å². The average Bonchev–Trinajstić information content (AvgIpc) is 2.20. The summed E-state index contributed by atoms with van der Waals surface area (Å²) in [5.74, 6) is 0.251. The van der Waals surface area contributed by atoms with Gasteiger partial charge < -0.3 is 15.3 Å². The molecule has 2 rings (SSSR count). The fourth-order valence-electron chi connectivity index (χ4n) is 2.01. The SMILES string of the molecule is CCN1C(=O)C(C)(C)Nc2cc(O)ccc21. The zero-order valence-corrected chi connectivity index (χ0v) is 9.74. The molecule has 0 spiro atoms. The summed E-state index contributed by atoms with van der Waals surface area (Å²) in [4.78, 5) is 13.9. The number of hydrogen-bond donors (Lipinski definition) is 2. The molecule has 0 aliphatic carbocycles. The number of hydrogen-bond acceptors (Lipinski definition) is 3. The Bertz CT molecular complexity index is 441. The van der Waals surface area contributed by atoms with Crippen molar-refractivity contribution in [3.8, 4) is 5.75 Å². The summed E-state index contributed by atoms with van der Waals surface area (Å²) >= 11 is 0. The maximum Gasteiger partial charge on any atom is 0.252 e. The maximum absolute atomic E-state index is 12.1. The quantitative estimate of drug-likeness (QED) is 0.760. The molecule has 0 saturated carbocycles. The first-order valence-corrected chi connectivity index (χ1v) is 5.39. The molecule has 4 heteroatoms. The Hall–Kier alpha value is -1.71. The van der Waals surface area contributed by atoms with Gasteiger partial charge in [0, 0.05) is 12.6 Å². The molecular weight excluding hydrogens is 204 g/mol. The van der Waals surface area contributed by atoms with E-state index in [0.29, 0.717) is 6.54 Å². The average molecular weight is 220 g/mol. The fraction of sp³-hybridized carbons (Fsp3) is 0.417. The highest BCUT2D eigenvalue weighted by atomic mass is 16.3. The summed E-state index contributed by atoms with van der Waals surface area (Å²) in [5, 5.41) is 12.6. The molecule has 0 aromatic heterocycles. The highest BCUT2D eigenvalue weighted by Crippen LogP contribution is 2.37. The van der Waals surface area contributed by atoms with E-state index in [-0.39, 0.29) is 11.7 Å². The molecule has 86 valence electrons. The van der Waals surface area contributed by atoms with Gasteiger partial charge >= 0.3 is 0 Å². The number of rotatable bonds is 1. The van der Waals surface area contributed by atoms with E-state index in [0.717, 1.165) is 11.4 Å². The fourth-order valence-corrected chi connectivity index (χ4v) is 2.01. The monoisotopic (exact) mass is 220 g/mol. The second-order valence-corrected chi connectivity index (χ2v) is 4.50. The Morgan fingerprint density at radius 3 is 2.75 bits per heavy atom. The van der Waals surface area contributed by atoms with Gasteiger partial charge in [0.1, 0.15) is 11.3 Å². The smallest absolute Gasteiger partial charge is 0.252 e. The molecule has 1 heterocycles. The van der Waals surface area contributed by atoms with Crippen molar-refractivity contribution in [1.82, 2.24) is 0 Å². The molecule has 1 aromatic rings. The van der Waals surface area contributed by atoms with Crippen molar-refractivity contribution in [3.63, 3.8) is 0 Å². The molecule has 0 unspecified atom stereocenters. The minimum Gasteiger partial charge on any atom is -0.508 e. The van der Waals surface area contributed by atoms with E-state index in [1.54, 1.807) is 23.1 Å². The minimum atomic E-state index is -0.628. The predicted octanol–water partition coefficient (Wildman–Crippen LogP) is 1.95. The number of amides is 1. The predicted molar refractivity (Wildman–Crippen MR) is 63.8 cm³/mol. The summed E-state index contributed by atoms with van der Waals surface area (Å²) < 4.78 is 0. The first kappa shape index (κ1) is 10.8. The van der Waals surface area contributed by atoms with Gasteiger partial charge in [-0.3, -0.25) is 4.79 Å². The zero-order chi connectivity index (χ0) is 11.9. The number of likely N-dealkylation sites (N-methyl/N-ethyl adjacent to an activating group) is 1. The lowest BCUT2D eigenvalue weighted by atomic mass is 9.98. The molecule has 1 amide bonds. The van der Waals surface area contributed by atoms with Gasteiger partial charge in [-0.25, -0.2) is 0 Å². The second kappa shape index (κ2) is 3.40. The van der Waals surface area contributed by atoms with E-state index in [1.165, 1.54) is 0 Å². The van der Waals surface area contributed by atoms with Crippen molar-refractivity contribution < 1.29 is 9.90 Å². The van der Waals surface area contributed by atoms with Gasteiger partial charge in [0.05, 0.1) is 11.4 Å². The van der Waals surface area contributed by atoms with Crippen LogP contribution in [0.3, 0.4) is 0 Å². The second-order valence-electron chi connectivity index (χ2n) is 4.50. The molecule has 1 aliphatic rings. The number of phenolic OH excluding ortho intramolecular Hbond substituents is 1. The molecule has 0 fully saturated rings. The van der Waals surface area contributed by atoms with Gasteiger partial charge in [-0.2, -0.15) is 0 Å². The molecule has 2 N–H and O–H groups in total. The Morgan fingerprint density at radius 1 is 1.44 bits per heavy atom. The van der Waals surface area contributed by atoms with E-state index < -0.39 is 5.54 Å². The van der Waals surface area contributed by atoms with E-state index >= 15 is 0 Å². The molecule has 4 nitrogen and oxygen atoms in total. The van der Waals surface area contributed by atoms with Crippen LogP contribution in [-0.2, 0) is 4.79 Å². The van der Waals surface area contributed by atoms with Crippen LogP contribution < -0.4 is 10.2 Å². The summed E-state index contributed by atoms with van der Waals surface area (Å²) in [6.07, 6.45) is 0. The highest BCUT2D eigenvalue weighted by molar-refractivity contribution is 6.07. The Labute approximate surface area is 94.9 Å². The van der Waals surface area contributed by atoms with E-state index in [1.807, 2.05) is 20.8 Å².